The normalized spacial score (nSPS) is 11.1. The van der Waals surface area contributed by atoms with Crippen LogP contribution in [0.1, 0.15) is 24.7 Å². The number of rotatable bonds is 5. The van der Waals surface area contributed by atoms with Crippen molar-refractivity contribution >= 4 is 28.8 Å². The molecule has 0 aliphatic rings. The highest BCUT2D eigenvalue weighted by Crippen LogP contribution is 2.31. The monoisotopic (exact) mass is 395 g/mol. The number of aryl methyl sites for hydroxylation is 2. The molecular formula is C21H19ClFN5. The number of hydrogen-bond acceptors (Lipinski definition) is 4. The summed E-state index contributed by atoms with van der Waals surface area (Å²) in [5.41, 5.74) is 4.44. The number of nitrogens with zero attached hydrogens (tertiary/aromatic N) is 4. The van der Waals surface area contributed by atoms with E-state index in [0.717, 1.165) is 35.5 Å². The fraction of sp³-hybridized carbons (Fsp3) is 0.190. The van der Waals surface area contributed by atoms with E-state index in [1.807, 2.05) is 25.3 Å². The number of imidazole rings is 1. The van der Waals surface area contributed by atoms with Crippen LogP contribution < -0.4 is 5.32 Å². The molecule has 4 aromatic rings. The molecule has 1 N–H and O–H groups in total. The van der Waals surface area contributed by atoms with Crippen LogP contribution in [0.3, 0.4) is 0 Å². The quantitative estimate of drug-likeness (QED) is 0.478. The fourth-order valence-corrected chi connectivity index (χ4v) is 3.34. The second-order valence-electron chi connectivity index (χ2n) is 6.57. The van der Waals surface area contributed by atoms with Gasteiger partial charge in [-0.3, -0.25) is 4.98 Å². The lowest BCUT2D eigenvalue weighted by molar-refractivity contribution is 0.629. The van der Waals surface area contributed by atoms with Gasteiger partial charge in [0.2, 0.25) is 0 Å². The van der Waals surface area contributed by atoms with E-state index in [0.29, 0.717) is 22.2 Å². The van der Waals surface area contributed by atoms with Crippen LogP contribution in [-0.4, -0.2) is 19.4 Å². The Morgan fingerprint density at radius 2 is 2.04 bits per heavy atom. The second kappa shape index (κ2) is 7.56. The summed E-state index contributed by atoms with van der Waals surface area (Å²) in [5.74, 6) is 0.179. The van der Waals surface area contributed by atoms with Gasteiger partial charge in [0.25, 0.3) is 0 Å². The summed E-state index contributed by atoms with van der Waals surface area (Å²) in [6, 6.07) is 8.72. The molecule has 0 atom stereocenters. The Balaban J connectivity index is 1.74. The largest absolute Gasteiger partial charge is 0.338 e. The minimum absolute atomic E-state index is 0.310. The maximum absolute atomic E-state index is 14.2. The minimum atomic E-state index is -0.352. The highest BCUT2D eigenvalue weighted by Gasteiger charge is 2.17. The van der Waals surface area contributed by atoms with Gasteiger partial charge < -0.3 is 9.72 Å². The van der Waals surface area contributed by atoms with Gasteiger partial charge in [-0.15, -0.1) is 0 Å². The molecule has 0 amide bonds. The van der Waals surface area contributed by atoms with Crippen molar-refractivity contribution in [1.29, 1.82) is 0 Å². The Morgan fingerprint density at radius 1 is 1.18 bits per heavy atom. The predicted octanol–water partition coefficient (Wildman–Crippen LogP) is 5.59. The molecule has 0 saturated carbocycles. The first kappa shape index (κ1) is 18.4. The number of halogens is 2. The summed E-state index contributed by atoms with van der Waals surface area (Å²) >= 11 is 6.47. The Labute approximate surface area is 167 Å². The lowest BCUT2D eigenvalue weighted by atomic mass is 10.1. The molecule has 4 aromatic heterocycles. The van der Waals surface area contributed by atoms with E-state index < -0.39 is 0 Å². The molecule has 0 spiro atoms. The van der Waals surface area contributed by atoms with Gasteiger partial charge in [0.1, 0.15) is 5.82 Å². The topological polar surface area (TPSA) is 55.1 Å². The lowest BCUT2D eigenvalue weighted by Gasteiger charge is -2.09. The zero-order valence-corrected chi connectivity index (χ0v) is 16.3. The number of aromatic nitrogens is 4. The van der Waals surface area contributed by atoms with Crippen LogP contribution in [0.4, 0.5) is 15.9 Å². The van der Waals surface area contributed by atoms with Crippen LogP contribution >= 0.6 is 11.6 Å². The number of nitrogens with one attached hydrogen (secondary N) is 1. The van der Waals surface area contributed by atoms with Gasteiger partial charge in [-0.05, 0) is 43.7 Å². The SMILES string of the molecule is CCCc1c(-c2cnc(Nc3ccc(C)nc3)c(Cl)c2)nc2c(F)cccn12. The average Bonchev–Trinajstić information content (AvgIpc) is 3.05. The highest BCUT2D eigenvalue weighted by molar-refractivity contribution is 6.33. The van der Waals surface area contributed by atoms with Gasteiger partial charge in [-0.25, -0.2) is 14.4 Å². The molecule has 4 heterocycles. The van der Waals surface area contributed by atoms with Gasteiger partial charge in [0.15, 0.2) is 11.5 Å². The Bertz CT molecular complexity index is 1140. The Hall–Kier alpha value is -2.99. The van der Waals surface area contributed by atoms with Crippen LogP contribution in [0.2, 0.25) is 5.02 Å². The van der Waals surface area contributed by atoms with E-state index in [2.05, 4.69) is 27.2 Å². The average molecular weight is 396 g/mol. The summed E-state index contributed by atoms with van der Waals surface area (Å²) in [7, 11) is 0. The lowest BCUT2D eigenvalue weighted by Crippen LogP contribution is -1.97. The van der Waals surface area contributed by atoms with Crippen LogP contribution in [0.15, 0.2) is 48.9 Å². The van der Waals surface area contributed by atoms with Crippen molar-refractivity contribution in [3.8, 4) is 11.3 Å². The third kappa shape index (κ3) is 3.43. The van der Waals surface area contributed by atoms with Crippen molar-refractivity contribution in [2.24, 2.45) is 0 Å². The molecule has 5 nitrogen and oxygen atoms in total. The van der Waals surface area contributed by atoms with Crippen molar-refractivity contribution in [2.75, 3.05) is 5.32 Å². The van der Waals surface area contributed by atoms with Crippen molar-refractivity contribution < 1.29 is 4.39 Å². The van der Waals surface area contributed by atoms with E-state index in [-0.39, 0.29) is 5.82 Å². The van der Waals surface area contributed by atoms with Crippen molar-refractivity contribution in [2.45, 2.75) is 26.7 Å². The molecule has 0 aliphatic heterocycles. The van der Waals surface area contributed by atoms with Gasteiger partial charge in [0, 0.05) is 23.7 Å². The zero-order chi connectivity index (χ0) is 19.7. The van der Waals surface area contributed by atoms with E-state index in [9.17, 15) is 4.39 Å². The molecule has 142 valence electrons. The van der Waals surface area contributed by atoms with Gasteiger partial charge in [-0.1, -0.05) is 24.9 Å². The molecule has 0 bridgehead atoms. The third-order valence-electron chi connectivity index (χ3n) is 4.48. The zero-order valence-electron chi connectivity index (χ0n) is 15.6. The molecule has 0 fully saturated rings. The molecule has 4 rings (SSSR count). The molecule has 0 saturated heterocycles. The van der Waals surface area contributed by atoms with Crippen molar-refractivity contribution in [3.05, 3.63) is 71.2 Å². The van der Waals surface area contributed by atoms with Crippen LogP contribution in [-0.2, 0) is 6.42 Å². The predicted molar refractivity (Wildman–Crippen MR) is 110 cm³/mol. The van der Waals surface area contributed by atoms with E-state index in [1.54, 1.807) is 28.9 Å². The smallest absolute Gasteiger partial charge is 0.173 e. The van der Waals surface area contributed by atoms with E-state index in [4.69, 9.17) is 11.6 Å². The van der Waals surface area contributed by atoms with Gasteiger partial charge in [-0.2, -0.15) is 0 Å². The molecule has 0 aromatic carbocycles. The Kier molecular flexibility index (Phi) is 4.96. The Morgan fingerprint density at radius 3 is 2.75 bits per heavy atom. The first-order chi connectivity index (χ1) is 13.6. The molecule has 0 radical (unpaired) electrons. The van der Waals surface area contributed by atoms with E-state index >= 15 is 0 Å². The fourth-order valence-electron chi connectivity index (χ4n) is 3.13. The molecule has 28 heavy (non-hydrogen) atoms. The van der Waals surface area contributed by atoms with Crippen LogP contribution in [0.25, 0.3) is 16.9 Å². The summed E-state index contributed by atoms with van der Waals surface area (Å²) in [6.45, 7) is 4.01. The second-order valence-corrected chi connectivity index (χ2v) is 6.98. The third-order valence-corrected chi connectivity index (χ3v) is 4.76. The number of anilines is 2. The highest BCUT2D eigenvalue weighted by atomic mass is 35.5. The maximum Gasteiger partial charge on any atom is 0.173 e. The first-order valence-corrected chi connectivity index (χ1v) is 9.45. The number of hydrogen-bond donors (Lipinski definition) is 1. The summed E-state index contributed by atoms with van der Waals surface area (Å²) in [6.07, 6.45) is 6.95. The minimum Gasteiger partial charge on any atom is -0.338 e. The maximum atomic E-state index is 14.2. The molecule has 0 aliphatic carbocycles. The van der Waals surface area contributed by atoms with Crippen molar-refractivity contribution in [1.82, 2.24) is 19.4 Å². The molecular weight excluding hydrogens is 377 g/mol. The number of pyridine rings is 3. The molecule has 0 unspecified atom stereocenters. The van der Waals surface area contributed by atoms with Crippen molar-refractivity contribution in [3.63, 3.8) is 0 Å². The summed E-state index contributed by atoms with van der Waals surface area (Å²) in [4.78, 5) is 13.2. The standard InChI is InChI=1S/C21H19ClFN5/c1-3-5-18-19(27-21-17(23)6-4-9-28(18)21)14-10-16(22)20(25-11-14)26-15-8-7-13(2)24-12-15/h4,6-12H,3,5H2,1-2H3,(H,25,26). The van der Waals surface area contributed by atoms with E-state index in [1.165, 1.54) is 6.07 Å². The first-order valence-electron chi connectivity index (χ1n) is 9.08. The summed E-state index contributed by atoms with van der Waals surface area (Å²) < 4.78 is 16.0. The van der Waals surface area contributed by atoms with Crippen LogP contribution in [0, 0.1) is 12.7 Å². The van der Waals surface area contributed by atoms with Gasteiger partial charge in [0.05, 0.1) is 28.3 Å². The number of fused-ring (bicyclic) bond motifs is 1. The van der Waals surface area contributed by atoms with Crippen LogP contribution in [0.5, 0.6) is 0 Å². The summed E-state index contributed by atoms with van der Waals surface area (Å²) in [5, 5.41) is 3.62. The van der Waals surface area contributed by atoms with Gasteiger partial charge >= 0.3 is 0 Å². The molecule has 7 heteroatoms.